The lowest BCUT2D eigenvalue weighted by atomic mass is 10.1. The number of piperazine rings is 1. The molecule has 1 atom stereocenters. The summed E-state index contributed by atoms with van der Waals surface area (Å²) in [4.78, 5) is 2.39. The second kappa shape index (κ2) is 7.58. The molecule has 2 N–H and O–H groups in total. The smallest absolute Gasteiger partial charge is 0.142 e. The molecule has 1 saturated heterocycles. The Labute approximate surface area is 144 Å². The number of methoxy groups -OCH3 is 1. The number of rotatable bonds is 5. The summed E-state index contributed by atoms with van der Waals surface area (Å²) in [6.07, 6.45) is 0. The molecule has 4 nitrogen and oxygen atoms in total. The molecule has 1 fully saturated rings. The van der Waals surface area contributed by atoms with Crippen LogP contribution < -0.4 is 20.3 Å². The summed E-state index contributed by atoms with van der Waals surface area (Å²) in [5.74, 6) is 0.936. The quantitative estimate of drug-likeness (QED) is 0.881. The molecular weight excluding hydrogens is 298 g/mol. The van der Waals surface area contributed by atoms with Crippen LogP contribution in [0.4, 0.5) is 11.4 Å². The van der Waals surface area contributed by atoms with Gasteiger partial charge in [0.15, 0.2) is 0 Å². The molecule has 1 aliphatic rings. The van der Waals surface area contributed by atoms with Gasteiger partial charge in [0.25, 0.3) is 0 Å². The van der Waals surface area contributed by atoms with E-state index in [9.17, 15) is 0 Å². The van der Waals surface area contributed by atoms with E-state index in [0.717, 1.165) is 37.6 Å². The molecule has 1 heterocycles. The minimum absolute atomic E-state index is 0.259. The van der Waals surface area contributed by atoms with E-state index in [-0.39, 0.29) is 6.04 Å². The van der Waals surface area contributed by atoms with Crippen LogP contribution >= 0.6 is 0 Å². The number of hydrogen-bond acceptors (Lipinski definition) is 4. The summed E-state index contributed by atoms with van der Waals surface area (Å²) >= 11 is 0. The highest BCUT2D eigenvalue weighted by molar-refractivity contribution is 5.67. The van der Waals surface area contributed by atoms with Crippen LogP contribution in [0.25, 0.3) is 0 Å². The molecule has 128 valence electrons. The van der Waals surface area contributed by atoms with E-state index >= 15 is 0 Å². The van der Waals surface area contributed by atoms with Gasteiger partial charge in [0.2, 0.25) is 0 Å². The molecule has 3 rings (SSSR count). The maximum Gasteiger partial charge on any atom is 0.142 e. The van der Waals surface area contributed by atoms with E-state index in [1.165, 1.54) is 16.8 Å². The molecule has 2 aromatic carbocycles. The van der Waals surface area contributed by atoms with Crippen molar-refractivity contribution in [3.63, 3.8) is 0 Å². The maximum absolute atomic E-state index is 5.57. The van der Waals surface area contributed by atoms with Crippen molar-refractivity contribution in [2.24, 2.45) is 0 Å². The summed E-state index contributed by atoms with van der Waals surface area (Å²) in [6, 6.07) is 15.3. The van der Waals surface area contributed by atoms with Gasteiger partial charge in [0.05, 0.1) is 12.8 Å². The predicted molar refractivity (Wildman–Crippen MR) is 101 cm³/mol. The predicted octanol–water partition coefficient (Wildman–Crippen LogP) is 3.59. The molecule has 0 radical (unpaired) electrons. The Morgan fingerprint density at radius 3 is 2.46 bits per heavy atom. The highest BCUT2D eigenvalue weighted by atomic mass is 16.5. The normalized spacial score (nSPS) is 15.9. The van der Waals surface area contributed by atoms with Crippen LogP contribution in [0.3, 0.4) is 0 Å². The molecule has 24 heavy (non-hydrogen) atoms. The van der Waals surface area contributed by atoms with Crippen molar-refractivity contribution < 1.29 is 4.74 Å². The molecule has 0 bridgehead atoms. The topological polar surface area (TPSA) is 36.5 Å². The first-order chi connectivity index (χ1) is 11.7. The van der Waals surface area contributed by atoms with Crippen LogP contribution in [0, 0.1) is 6.92 Å². The standard InChI is InChI=1S/C20H27N3O/c1-15-4-6-17(7-5-15)16(2)22-18-8-9-20(24-3)19(14-18)23-12-10-21-11-13-23/h4-9,14,16,21-22H,10-13H2,1-3H3. The second-order valence-electron chi connectivity index (χ2n) is 6.40. The average molecular weight is 325 g/mol. The van der Waals surface area contributed by atoms with Gasteiger partial charge in [0, 0.05) is 37.9 Å². The molecule has 0 amide bonds. The Hall–Kier alpha value is -2.20. The average Bonchev–Trinajstić information content (AvgIpc) is 2.63. The van der Waals surface area contributed by atoms with Crippen LogP contribution in [-0.4, -0.2) is 33.3 Å². The lowest BCUT2D eigenvalue weighted by Crippen LogP contribution is -2.43. The van der Waals surface area contributed by atoms with Crippen molar-refractivity contribution in [3.8, 4) is 5.75 Å². The first kappa shape index (κ1) is 16.7. The number of benzene rings is 2. The van der Waals surface area contributed by atoms with Crippen molar-refractivity contribution in [1.29, 1.82) is 0 Å². The van der Waals surface area contributed by atoms with Crippen molar-refractivity contribution in [1.82, 2.24) is 5.32 Å². The van der Waals surface area contributed by atoms with E-state index in [1.807, 2.05) is 0 Å². The maximum atomic E-state index is 5.57. The van der Waals surface area contributed by atoms with E-state index in [4.69, 9.17) is 4.74 Å². The molecule has 1 aliphatic heterocycles. The molecule has 4 heteroatoms. The Morgan fingerprint density at radius 2 is 1.79 bits per heavy atom. The first-order valence-corrected chi connectivity index (χ1v) is 8.64. The number of ether oxygens (including phenoxy) is 1. The lowest BCUT2D eigenvalue weighted by molar-refractivity contribution is 0.413. The third-order valence-electron chi connectivity index (χ3n) is 4.60. The number of anilines is 2. The van der Waals surface area contributed by atoms with Crippen molar-refractivity contribution in [2.45, 2.75) is 19.9 Å². The highest BCUT2D eigenvalue weighted by Crippen LogP contribution is 2.33. The molecule has 0 aliphatic carbocycles. The SMILES string of the molecule is COc1ccc(NC(C)c2ccc(C)cc2)cc1N1CCNCC1. The minimum Gasteiger partial charge on any atom is -0.495 e. The fourth-order valence-electron chi connectivity index (χ4n) is 3.12. The number of hydrogen-bond donors (Lipinski definition) is 2. The largest absolute Gasteiger partial charge is 0.495 e. The summed E-state index contributed by atoms with van der Waals surface area (Å²) in [7, 11) is 1.74. The molecule has 2 aromatic rings. The lowest BCUT2D eigenvalue weighted by Gasteiger charge is -2.31. The number of nitrogens with zero attached hydrogens (tertiary/aromatic N) is 1. The third kappa shape index (κ3) is 3.82. The molecule has 0 aromatic heterocycles. The van der Waals surface area contributed by atoms with E-state index in [2.05, 4.69) is 71.8 Å². The minimum atomic E-state index is 0.259. The second-order valence-corrected chi connectivity index (χ2v) is 6.40. The summed E-state index contributed by atoms with van der Waals surface area (Å²) < 4.78 is 5.57. The van der Waals surface area contributed by atoms with Gasteiger partial charge in [-0.05, 0) is 37.6 Å². The summed E-state index contributed by atoms with van der Waals surface area (Å²) in [6.45, 7) is 8.35. The van der Waals surface area contributed by atoms with Crippen LogP contribution in [0.2, 0.25) is 0 Å². The Kier molecular flexibility index (Phi) is 5.26. The van der Waals surface area contributed by atoms with Crippen LogP contribution in [0.15, 0.2) is 42.5 Å². The summed E-state index contributed by atoms with van der Waals surface area (Å²) in [5, 5.41) is 7.01. The highest BCUT2D eigenvalue weighted by Gasteiger charge is 2.16. The van der Waals surface area contributed by atoms with Crippen molar-refractivity contribution in [2.75, 3.05) is 43.5 Å². The van der Waals surface area contributed by atoms with Gasteiger partial charge in [-0.2, -0.15) is 0 Å². The third-order valence-corrected chi connectivity index (χ3v) is 4.60. The first-order valence-electron chi connectivity index (χ1n) is 8.64. The van der Waals surface area contributed by atoms with Crippen molar-refractivity contribution in [3.05, 3.63) is 53.6 Å². The van der Waals surface area contributed by atoms with Crippen molar-refractivity contribution >= 4 is 11.4 Å². The van der Waals surface area contributed by atoms with E-state index in [1.54, 1.807) is 7.11 Å². The number of aryl methyl sites for hydroxylation is 1. The van der Waals surface area contributed by atoms with E-state index < -0.39 is 0 Å². The zero-order valence-corrected chi connectivity index (χ0v) is 14.8. The van der Waals surface area contributed by atoms with E-state index in [0.29, 0.717) is 0 Å². The van der Waals surface area contributed by atoms with Gasteiger partial charge in [-0.3, -0.25) is 0 Å². The van der Waals surface area contributed by atoms with Gasteiger partial charge in [-0.15, -0.1) is 0 Å². The molecular formula is C20H27N3O. The molecule has 1 unspecified atom stereocenters. The van der Waals surface area contributed by atoms with Gasteiger partial charge < -0.3 is 20.3 Å². The van der Waals surface area contributed by atoms with Gasteiger partial charge in [0.1, 0.15) is 5.75 Å². The number of nitrogens with one attached hydrogen (secondary N) is 2. The Balaban J connectivity index is 1.79. The van der Waals surface area contributed by atoms with Gasteiger partial charge >= 0.3 is 0 Å². The monoisotopic (exact) mass is 325 g/mol. The van der Waals surface area contributed by atoms with Gasteiger partial charge in [-0.1, -0.05) is 29.8 Å². The summed E-state index contributed by atoms with van der Waals surface area (Å²) in [5.41, 5.74) is 4.87. The fourth-order valence-corrected chi connectivity index (χ4v) is 3.12. The fraction of sp³-hybridized carbons (Fsp3) is 0.400. The zero-order valence-electron chi connectivity index (χ0n) is 14.8. The zero-order chi connectivity index (χ0) is 16.9. The molecule has 0 spiro atoms. The molecule has 0 saturated carbocycles. The van der Waals surface area contributed by atoms with Crippen LogP contribution in [0.5, 0.6) is 5.75 Å². The van der Waals surface area contributed by atoms with Gasteiger partial charge in [-0.25, -0.2) is 0 Å². The Morgan fingerprint density at radius 1 is 1.08 bits per heavy atom. The van der Waals surface area contributed by atoms with Crippen LogP contribution in [0.1, 0.15) is 24.1 Å². The Bertz CT molecular complexity index is 663. The van der Waals surface area contributed by atoms with Crippen LogP contribution in [-0.2, 0) is 0 Å².